The van der Waals surface area contributed by atoms with Crippen molar-refractivity contribution in [1.29, 1.82) is 0 Å². The second-order valence-electron chi connectivity index (χ2n) is 3.28. The van der Waals surface area contributed by atoms with Crippen LogP contribution in [0.1, 0.15) is 13.3 Å². The molecule has 0 unspecified atom stereocenters. The second kappa shape index (κ2) is 4.69. The van der Waals surface area contributed by atoms with Gasteiger partial charge in [0.05, 0.1) is 6.54 Å². The van der Waals surface area contributed by atoms with E-state index in [1.54, 1.807) is 6.08 Å². The molecule has 14 heavy (non-hydrogen) atoms. The van der Waals surface area contributed by atoms with Crippen molar-refractivity contribution in [2.24, 2.45) is 5.73 Å². The largest absolute Gasteiger partial charge is 0.390 e. The van der Waals surface area contributed by atoms with E-state index >= 15 is 0 Å². The van der Waals surface area contributed by atoms with E-state index in [1.165, 1.54) is 0 Å². The molecular weight excluding hydrogens is 178 g/mol. The first-order chi connectivity index (χ1) is 6.69. The van der Waals surface area contributed by atoms with Crippen LogP contribution in [0.2, 0.25) is 0 Å². The third-order valence-electron chi connectivity index (χ3n) is 2.21. The molecule has 0 aliphatic carbocycles. The van der Waals surface area contributed by atoms with Gasteiger partial charge in [0.1, 0.15) is 5.70 Å². The Labute approximate surface area is 84.4 Å². The maximum absolute atomic E-state index is 11.1. The predicted molar refractivity (Wildman–Crippen MR) is 56.3 cm³/mol. The molecule has 0 aromatic carbocycles. The third-order valence-corrected chi connectivity index (χ3v) is 2.21. The summed E-state index contributed by atoms with van der Waals surface area (Å²) in [7, 11) is 1.87. The number of carbonyl (C=O) groups excluding carboxylic acids is 1. The van der Waals surface area contributed by atoms with Crippen LogP contribution >= 0.6 is 0 Å². The number of allylic oxidation sites excluding steroid dienone is 2. The summed E-state index contributed by atoms with van der Waals surface area (Å²) in [6, 6.07) is 0. The van der Waals surface area contributed by atoms with E-state index in [0.29, 0.717) is 5.70 Å². The predicted octanol–water partition coefficient (Wildman–Crippen LogP) is 0.184. The Hall–Kier alpha value is -1.45. The Morgan fingerprint density at radius 2 is 2.36 bits per heavy atom. The van der Waals surface area contributed by atoms with Crippen LogP contribution in [0.15, 0.2) is 23.5 Å². The normalized spacial score (nSPS) is 16.0. The molecule has 1 aliphatic rings. The molecule has 0 bridgehead atoms. The highest BCUT2D eigenvalue weighted by Crippen LogP contribution is 2.13. The van der Waals surface area contributed by atoms with Gasteiger partial charge in [-0.15, -0.1) is 0 Å². The molecule has 1 aliphatic heterocycles. The zero-order chi connectivity index (χ0) is 10.6. The minimum Gasteiger partial charge on any atom is -0.390 e. The number of amides is 1. The highest BCUT2D eigenvalue weighted by Gasteiger charge is 2.17. The number of nitrogens with zero attached hydrogens (tertiary/aromatic N) is 1. The fourth-order valence-corrected chi connectivity index (χ4v) is 1.50. The van der Waals surface area contributed by atoms with Crippen molar-refractivity contribution in [3.8, 4) is 0 Å². The average molecular weight is 195 g/mol. The number of hydrogen-bond donors (Lipinski definition) is 2. The van der Waals surface area contributed by atoms with E-state index in [0.717, 1.165) is 25.2 Å². The van der Waals surface area contributed by atoms with Crippen molar-refractivity contribution >= 4 is 5.91 Å². The van der Waals surface area contributed by atoms with Gasteiger partial charge in [-0.25, -0.2) is 0 Å². The first-order valence-corrected chi connectivity index (χ1v) is 4.82. The molecule has 1 heterocycles. The van der Waals surface area contributed by atoms with Gasteiger partial charge in [0.25, 0.3) is 5.91 Å². The number of nitrogens with two attached hydrogens (primary N) is 1. The minimum absolute atomic E-state index is 0.357. The van der Waals surface area contributed by atoms with Crippen LogP contribution in [0.5, 0.6) is 0 Å². The molecule has 0 atom stereocenters. The summed E-state index contributed by atoms with van der Waals surface area (Å²) in [4.78, 5) is 13.1. The van der Waals surface area contributed by atoms with Crippen molar-refractivity contribution in [1.82, 2.24) is 10.2 Å². The van der Waals surface area contributed by atoms with E-state index in [2.05, 4.69) is 12.2 Å². The maximum Gasteiger partial charge on any atom is 0.264 e. The highest BCUT2D eigenvalue weighted by molar-refractivity contribution is 5.91. The monoisotopic (exact) mass is 195 g/mol. The number of rotatable bonds is 4. The Bertz CT molecular complexity index is 281. The molecule has 1 rings (SSSR count). The summed E-state index contributed by atoms with van der Waals surface area (Å²) < 4.78 is 0. The summed E-state index contributed by atoms with van der Waals surface area (Å²) >= 11 is 0. The van der Waals surface area contributed by atoms with Crippen molar-refractivity contribution in [2.45, 2.75) is 13.3 Å². The standard InChI is InChI=1S/C10H17N3O/c1-3-6-13-7-8(12-2)4-5-9(13)10(11)14/h4-5,12H,3,6-7H2,1-2H3,(H2,11,14). The van der Waals surface area contributed by atoms with Crippen LogP contribution in [0.4, 0.5) is 0 Å². The number of nitrogens with one attached hydrogen (secondary N) is 1. The zero-order valence-corrected chi connectivity index (χ0v) is 8.71. The lowest BCUT2D eigenvalue weighted by molar-refractivity contribution is -0.116. The van der Waals surface area contributed by atoms with Crippen LogP contribution in [0.25, 0.3) is 0 Å². The van der Waals surface area contributed by atoms with Gasteiger partial charge in [0.2, 0.25) is 0 Å². The van der Waals surface area contributed by atoms with E-state index in [9.17, 15) is 4.79 Å². The molecule has 0 radical (unpaired) electrons. The van der Waals surface area contributed by atoms with Crippen molar-refractivity contribution in [3.05, 3.63) is 23.5 Å². The molecule has 3 N–H and O–H groups in total. The zero-order valence-electron chi connectivity index (χ0n) is 8.71. The molecule has 0 saturated carbocycles. The molecule has 0 aromatic rings. The number of hydrogen-bond acceptors (Lipinski definition) is 3. The van der Waals surface area contributed by atoms with Gasteiger partial charge in [-0.05, 0) is 18.6 Å². The number of likely N-dealkylation sites (N-methyl/N-ethyl adjacent to an activating group) is 1. The first-order valence-electron chi connectivity index (χ1n) is 4.82. The maximum atomic E-state index is 11.1. The summed E-state index contributed by atoms with van der Waals surface area (Å²) in [5, 5.41) is 3.07. The van der Waals surface area contributed by atoms with Gasteiger partial charge in [0, 0.05) is 19.3 Å². The summed E-state index contributed by atoms with van der Waals surface area (Å²) in [6.07, 6.45) is 4.67. The van der Waals surface area contributed by atoms with Crippen molar-refractivity contribution < 1.29 is 4.79 Å². The van der Waals surface area contributed by atoms with Crippen LogP contribution in [0.3, 0.4) is 0 Å². The van der Waals surface area contributed by atoms with Gasteiger partial charge in [0.15, 0.2) is 0 Å². The Kier molecular flexibility index (Phi) is 3.56. The summed E-state index contributed by atoms with van der Waals surface area (Å²) in [5.41, 5.74) is 6.98. The number of primary amides is 1. The lowest BCUT2D eigenvalue weighted by Crippen LogP contribution is -2.37. The van der Waals surface area contributed by atoms with E-state index < -0.39 is 0 Å². The SMILES string of the molecule is CCCN1CC(NC)=CC=C1C(N)=O. The van der Waals surface area contributed by atoms with Gasteiger partial charge >= 0.3 is 0 Å². The first kappa shape index (κ1) is 10.6. The Morgan fingerprint density at radius 1 is 1.64 bits per heavy atom. The Balaban J connectivity index is 2.81. The highest BCUT2D eigenvalue weighted by atomic mass is 16.1. The molecule has 4 nitrogen and oxygen atoms in total. The summed E-state index contributed by atoms with van der Waals surface area (Å²) in [5.74, 6) is -0.357. The van der Waals surface area contributed by atoms with Crippen molar-refractivity contribution in [3.63, 3.8) is 0 Å². The molecule has 4 heteroatoms. The second-order valence-corrected chi connectivity index (χ2v) is 3.28. The average Bonchev–Trinajstić information content (AvgIpc) is 2.17. The minimum atomic E-state index is -0.357. The molecule has 0 aromatic heterocycles. The smallest absolute Gasteiger partial charge is 0.264 e. The molecule has 0 saturated heterocycles. The van der Waals surface area contributed by atoms with Crippen LogP contribution < -0.4 is 11.1 Å². The van der Waals surface area contributed by atoms with E-state index in [1.807, 2.05) is 18.0 Å². The molecule has 1 amide bonds. The molecule has 0 spiro atoms. The lowest BCUT2D eigenvalue weighted by atomic mass is 10.2. The fourth-order valence-electron chi connectivity index (χ4n) is 1.50. The van der Waals surface area contributed by atoms with Gasteiger partial charge < -0.3 is 16.0 Å². The quantitative estimate of drug-likeness (QED) is 0.673. The van der Waals surface area contributed by atoms with Gasteiger partial charge in [-0.2, -0.15) is 0 Å². The summed E-state index contributed by atoms with van der Waals surface area (Å²) in [6.45, 7) is 3.67. The van der Waals surface area contributed by atoms with E-state index in [4.69, 9.17) is 5.73 Å². The fraction of sp³-hybridized carbons (Fsp3) is 0.500. The molecule has 0 fully saturated rings. The van der Waals surface area contributed by atoms with Crippen LogP contribution in [0, 0.1) is 0 Å². The molecular formula is C10H17N3O. The topological polar surface area (TPSA) is 58.4 Å². The van der Waals surface area contributed by atoms with Crippen LogP contribution in [-0.2, 0) is 4.79 Å². The Morgan fingerprint density at radius 3 is 2.86 bits per heavy atom. The van der Waals surface area contributed by atoms with Gasteiger partial charge in [-0.3, -0.25) is 4.79 Å². The molecule has 78 valence electrons. The van der Waals surface area contributed by atoms with Crippen LogP contribution in [-0.4, -0.2) is 30.9 Å². The van der Waals surface area contributed by atoms with E-state index in [-0.39, 0.29) is 5.91 Å². The van der Waals surface area contributed by atoms with Crippen molar-refractivity contribution in [2.75, 3.05) is 20.1 Å². The number of carbonyl (C=O) groups is 1. The van der Waals surface area contributed by atoms with Gasteiger partial charge in [-0.1, -0.05) is 6.92 Å². The third kappa shape index (κ3) is 2.28. The lowest BCUT2D eigenvalue weighted by Gasteiger charge is -2.28.